The largest absolute Gasteiger partial charge is 0.397 e. The van der Waals surface area contributed by atoms with Crippen LogP contribution in [0.4, 0.5) is 19.0 Å². The van der Waals surface area contributed by atoms with E-state index in [0.717, 1.165) is 5.70 Å². The van der Waals surface area contributed by atoms with Crippen molar-refractivity contribution in [3.8, 4) is 0 Å². The highest BCUT2D eigenvalue weighted by molar-refractivity contribution is 6.13. The first kappa shape index (κ1) is 25.0. The van der Waals surface area contributed by atoms with Crippen molar-refractivity contribution < 1.29 is 23.0 Å². The second-order valence-corrected chi connectivity index (χ2v) is 9.21. The molecule has 2 N–H and O–H groups in total. The van der Waals surface area contributed by atoms with E-state index < -0.39 is 17.7 Å². The van der Waals surface area contributed by atoms with Crippen molar-refractivity contribution in [2.24, 2.45) is 26.8 Å². The first-order chi connectivity index (χ1) is 16.5. The van der Waals surface area contributed by atoms with Gasteiger partial charge in [0.25, 0.3) is 0 Å². The minimum absolute atomic E-state index is 0.0876. The molecule has 0 aromatic carbocycles. The summed E-state index contributed by atoms with van der Waals surface area (Å²) in [5, 5.41) is 13.5. The minimum atomic E-state index is -4.42. The Morgan fingerprint density at radius 2 is 1.94 bits per heavy atom. The summed E-state index contributed by atoms with van der Waals surface area (Å²) in [6, 6.07) is 3.54. The molecule has 4 heterocycles. The van der Waals surface area contributed by atoms with Crippen LogP contribution in [0.15, 0.2) is 69.1 Å². The molecule has 0 amide bonds. The Kier molecular flexibility index (Phi) is 6.79. The number of fused-ring (bicyclic) bond motifs is 1. The van der Waals surface area contributed by atoms with Gasteiger partial charge < -0.3 is 15.2 Å². The Morgan fingerprint density at radius 3 is 2.57 bits per heavy atom. The fraction of sp³-hybridized carbons (Fsp3) is 0.440. The highest BCUT2D eigenvalue weighted by atomic mass is 19.4. The standard InChI is InChI=1S/C25H28F3N5O2/c1-14(35-4)19-12-20(31-21-10-7-15(13-30-21)24(2,3)34)16-8-9-18(32-23(16)33-19)22-17(25(26,27)28)6-5-11-29-22/h5,7,9-14,16-17,34H,6,8H2,1-4H3,(H,30,31). The lowest BCUT2D eigenvalue weighted by molar-refractivity contribution is -0.154. The van der Waals surface area contributed by atoms with Gasteiger partial charge in [0.1, 0.15) is 17.6 Å². The Balaban J connectivity index is 1.65. The van der Waals surface area contributed by atoms with E-state index in [0.29, 0.717) is 29.3 Å². The molecule has 0 saturated heterocycles. The number of dihydropyridines is 1. The van der Waals surface area contributed by atoms with Crippen molar-refractivity contribution >= 4 is 23.1 Å². The summed E-state index contributed by atoms with van der Waals surface area (Å²) in [5.41, 5.74) is 1.12. The van der Waals surface area contributed by atoms with Crippen LogP contribution in [0.1, 0.15) is 39.2 Å². The Labute approximate surface area is 202 Å². The number of nitrogens with one attached hydrogen (secondary N) is 1. The van der Waals surface area contributed by atoms with Gasteiger partial charge in [0, 0.05) is 30.8 Å². The van der Waals surface area contributed by atoms with Gasteiger partial charge in [0.2, 0.25) is 0 Å². The molecule has 3 aliphatic rings. The molecule has 0 saturated carbocycles. The van der Waals surface area contributed by atoms with Crippen molar-refractivity contribution in [1.82, 2.24) is 4.98 Å². The molecular formula is C25H28F3N5O2. The molecule has 10 heteroatoms. The number of hydrogen-bond acceptors (Lipinski definition) is 7. The van der Waals surface area contributed by atoms with Crippen LogP contribution in [0.3, 0.4) is 0 Å². The maximum Gasteiger partial charge on any atom is 0.397 e. The smallest absolute Gasteiger partial charge is 0.386 e. The molecule has 0 radical (unpaired) electrons. The molecule has 3 atom stereocenters. The van der Waals surface area contributed by atoms with E-state index in [4.69, 9.17) is 4.74 Å². The fourth-order valence-corrected chi connectivity index (χ4v) is 4.03. The molecule has 1 aromatic heterocycles. The average Bonchev–Trinajstić information content (AvgIpc) is 2.82. The van der Waals surface area contributed by atoms with Crippen LogP contribution in [0.25, 0.3) is 0 Å². The van der Waals surface area contributed by atoms with E-state index in [2.05, 4.69) is 25.3 Å². The number of hydrogen-bond donors (Lipinski definition) is 2. The highest BCUT2D eigenvalue weighted by Gasteiger charge is 2.44. The molecule has 186 valence electrons. The summed E-state index contributed by atoms with van der Waals surface area (Å²) < 4.78 is 46.3. The summed E-state index contributed by atoms with van der Waals surface area (Å²) in [6.45, 7) is 5.19. The van der Waals surface area contributed by atoms with E-state index in [1.165, 1.54) is 12.3 Å². The third kappa shape index (κ3) is 5.43. The predicted octanol–water partition coefficient (Wildman–Crippen LogP) is 4.93. The normalized spacial score (nSPS) is 23.4. The summed E-state index contributed by atoms with van der Waals surface area (Å²) in [6.07, 6.45) is 3.42. The number of rotatable bonds is 6. The van der Waals surface area contributed by atoms with Crippen LogP contribution >= 0.6 is 0 Å². The zero-order valence-electron chi connectivity index (χ0n) is 20.0. The van der Waals surface area contributed by atoms with Crippen molar-refractivity contribution in [1.29, 1.82) is 0 Å². The Hall–Kier alpha value is -3.11. The molecule has 4 rings (SSSR count). The van der Waals surface area contributed by atoms with E-state index in [1.807, 2.05) is 13.0 Å². The maximum atomic E-state index is 13.6. The molecule has 0 spiro atoms. The van der Waals surface area contributed by atoms with Crippen LogP contribution in [-0.2, 0) is 10.3 Å². The lowest BCUT2D eigenvalue weighted by Gasteiger charge is -2.30. The van der Waals surface area contributed by atoms with Gasteiger partial charge in [-0.1, -0.05) is 18.2 Å². The number of nitrogens with zero attached hydrogens (tertiary/aromatic N) is 4. The topological polar surface area (TPSA) is 91.5 Å². The Morgan fingerprint density at radius 1 is 1.17 bits per heavy atom. The van der Waals surface area contributed by atoms with E-state index in [-0.39, 0.29) is 29.9 Å². The third-order valence-corrected chi connectivity index (χ3v) is 6.21. The van der Waals surface area contributed by atoms with Gasteiger partial charge in [-0.15, -0.1) is 0 Å². The van der Waals surface area contributed by atoms with Crippen molar-refractivity contribution in [3.63, 3.8) is 0 Å². The molecule has 0 fully saturated rings. The SMILES string of the molecule is COC(C)C1=NC2=NC(C3=NC=CCC3C(F)(F)F)=CCC2C(Nc2ccc(C(C)(C)O)cn2)=C1. The minimum Gasteiger partial charge on any atom is -0.386 e. The molecule has 7 nitrogen and oxygen atoms in total. The van der Waals surface area contributed by atoms with Gasteiger partial charge in [-0.05, 0) is 45.8 Å². The number of ether oxygens (including phenoxy) is 1. The number of halogens is 3. The molecule has 35 heavy (non-hydrogen) atoms. The molecule has 3 unspecified atom stereocenters. The zero-order chi connectivity index (χ0) is 25.4. The van der Waals surface area contributed by atoms with Crippen LogP contribution in [0.5, 0.6) is 0 Å². The molecule has 0 bridgehead atoms. The van der Waals surface area contributed by atoms with Crippen LogP contribution in [0, 0.1) is 11.8 Å². The average molecular weight is 488 g/mol. The van der Waals surface area contributed by atoms with Gasteiger partial charge in [0.15, 0.2) is 0 Å². The number of alkyl halides is 3. The number of aliphatic imine (C=N–C) groups is 3. The van der Waals surface area contributed by atoms with E-state index >= 15 is 0 Å². The quantitative estimate of drug-likeness (QED) is 0.595. The monoisotopic (exact) mass is 487 g/mol. The summed E-state index contributed by atoms with van der Waals surface area (Å²) in [7, 11) is 1.56. The van der Waals surface area contributed by atoms with Crippen LogP contribution < -0.4 is 5.32 Å². The number of methoxy groups -OCH3 is 1. The summed E-state index contributed by atoms with van der Waals surface area (Å²) in [4.78, 5) is 17.6. The summed E-state index contributed by atoms with van der Waals surface area (Å²) in [5.74, 6) is -1.02. The molecule has 3 aliphatic heterocycles. The second kappa shape index (κ2) is 9.50. The van der Waals surface area contributed by atoms with Gasteiger partial charge in [-0.2, -0.15) is 13.2 Å². The first-order valence-corrected chi connectivity index (χ1v) is 11.3. The number of anilines is 1. The molecule has 0 aliphatic carbocycles. The molecular weight excluding hydrogens is 459 g/mol. The molecule has 1 aromatic rings. The lowest BCUT2D eigenvalue weighted by Crippen LogP contribution is -2.35. The predicted molar refractivity (Wildman–Crippen MR) is 129 cm³/mol. The number of pyridine rings is 1. The van der Waals surface area contributed by atoms with Gasteiger partial charge in [-0.3, -0.25) is 4.99 Å². The van der Waals surface area contributed by atoms with Crippen molar-refractivity contribution in [2.75, 3.05) is 12.4 Å². The number of aromatic nitrogens is 1. The van der Waals surface area contributed by atoms with Crippen molar-refractivity contribution in [2.45, 2.75) is 51.5 Å². The maximum absolute atomic E-state index is 13.6. The zero-order valence-corrected chi connectivity index (χ0v) is 20.0. The van der Waals surface area contributed by atoms with E-state index in [1.54, 1.807) is 45.4 Å². The van der Waals surface area contributed by atoms with Crippen LogP contribution in [0.2, 0.25) is 0 Å². The number of aliphatic hydroxyl groups is 1. The second-order valence-electron chi connectivity index (χ2n) is 9.21. The summed E-state index contributed by atoms with van der Waals surface area (Å²) >= 11 is 0. The van der Waals surface area contributed by atoms with Gasteiger partial charge >= 0.3 is 6.18 Å². The van der Waals surface area contributed by atoms with Gasteiger partial charge in [0.05, 0.1) is 34.7 Å². The number of amidine groups is 1. The third-order valence-electron chi connectivity index (χ3n) is 6.21. The van der Waals surface area contributed by atoms with Crippen LogP contribution in [-0.4, -0.2) is 46.7 Å². The van der Waals surface area contributed by atoms with Gasteiger partial charge in [-0.25, -0.2) is 15.0 Å². The van der Waals surface area contributed by atoms with E-state index in [9.17, 15) is 18.3 Å². The Bertz CT molecular complexity index is 1160. The lowest BCUT2D eigenvalue weighted by atomic mass is 9.88. The van der Waals surface area contributed by atoms with Crippen molar-refractivity contribution in [3.05, 3.63) is 59.7 Å². The first-order valence-electron chi connectivity index (χ1n) is 11.3. The number of allylic oxidation sites excluding steroid dienone is 3. The highest BCUT2D eigenvalue weighted by Crippen LogP contribution is 2.37. The fourth-order valence-electron chi connectivity index (χ4n) is 4.03.